The third-order valence-electron chi connectivity index (χ3n) is 3.18. The molecule has 1 rings (SSSR count). The zero-order valence-corrected chi connectivity index (χ0v) is 10.4. The zero-order chi connectivity index (χ0) is 11.1. The normalized spacial score (nSPS) is 25.7. The number of carbonyl (C=O) groups is 1. The second kappa shape index (κ2) is 6.41. The number of thioether (sulfide) groups is 1. The zero-order valence-electron chi connectivity index (χ0n) is 9.63. The van der Waals surface area contributed by atoms with E-state index in [9.17, 15) is 9.90 Å². The van der Waals surface area contributed by atoms with Crippen LogP contribution in [0.25, 0.3) is 0 Å². The summed E-state index contributed by atoms with van der Waals surface area (Å²) in [4.78, 5) is 11.2. The maximum Gasteiger partial charge on any atom is 0.319 e. The first kappa shape index (κ1) is 12.9. The molecule has 0 aliphatic carbocycles. The average Bonchev–Trinajstić information content (AvgIpc) is 2.67. The number of hydrogen-bond acceptors (Lipinski definition) is 2. The van der Waals surface area contributed by atoms with Crippen LogP contribution in [0.1, 0.15) is 58.3 Å². The van der Waals surface area contributed by atoms with Crippen molar-refractivity contribution >= 4 is 17.7 Å². The van der Waals surface area contributed by atoms with E-state index in [0.717, 1.165) is 31.4 Å². The van der Waals surface area contributed by atoms with Gasteiger partial charge < -0.3 is 5.11 Å². The number of carboxylic acid groups (broad SMARTS) is 1. The van der Waals surface area contributed by atoms with Crippen molar-refractivity contribution < 1.29 is 9.90 Å². The Hall–Kier alpha value is -0.180. The summed E-state index contributed by atoms with van der Waals surface area (Å²) in [6.07, 6.45) is 8.90. The van der Waals surface area contributed by atoms with Crippen molar-refractivity contribution in [2.75, 3.05) is 5.75 Å². The van der Waals surface area contributed by atoms with Gasteiger partial charge in [0.25, 0.3) is 0 Å². The third-order valence-corrected chi connectivity index (χ3v) is 4.81. The molecule has 0 aromatic carbocycles. The molecule has 15 heavy (non-hydrogen) atoms. The molecule has 0 amide bonds. The monoisotopic (exact) mass is 230 g/mol. The SMILES string of the molecule is CCCCCCCC1(C(=O)O)CCCS1. The Balaban J connectivity index is 2.24. The van der Waals surface area contributed by atoms with Crippen LogP contribution in [-0.2, 0) is 4.79 Å². The molecule has 88 valence electrons. The van der Waals surface area contributed by atoms with Gasteiger partial charge in [0.1, 0.15) is 4.75 Å². The van der Waals surface area contributed by atoms with Gasteiger partial charge in [-0.1, -0.05) is 39.0 Å². The minimum absolute atomic E-state index is 0.424. The van der Waals surface area contributed by atoms with Crippen LogP contribution in [0.2, 0.25) is 0 Å². The van der Waals surface area contributed by atoms with Crippen LogP contribution in [0.5, 0.6) is 0 Å². The molecule has 0 aromatic heterocycles. The molecule has 1 aliphatic heterocycles. The maximum atomic E-state index is 11.2. The second-order valence-electron chi connectivity index (χ2n) is 4.42. The van der Waals surface area contributed by atoms with Crippen molar-refractivity contribution in [3.63, 3.8) is 0 Å². The molecule has 1 aliphatic rings. The summed E-state index contributed by atoms with van der Waals surface area (Å²) in [5.74, 6) is 0.446. The first-order valence-electron chi connectivity index (χ1n) is 6.08. The summed E-state index contributed by atoms with van der Waals surface area (Å²) in [5, 5.41) is 9.25. The van der Waals surface area contributed by atoms with Gasteiger partial charge >= 0.3 is 5.97 Å². The van der Waals surface area contributed by atoms with Crippen LogP contribution in [-0.4, -0.2) is 21.6 Å². The second-order valence-corrected chi connectivity index (χ2v) is 5.89. The molecule has 0 saturated carbocycles. The van der Waals surface area contributed by atoms with Gasteiger partial charge in [0.2, 0.25) is 0 Å². The lowest BCUT2D eigenvalue weighted by Gasteiger charge is -2.22. The van der Waals surface area contributed by atoms with E-state index in [2.05, 4.69) is 6.92 Å². The van der Waals surface area contributed by atoms with Crippen LogP contribution in [0, 0.1) is 0 Å². The lowest BCUT2D eigenvalue weighted by Crippen LogP contribution is -2.32. The highest BCUT2D eigenvalue weighted by molar-refractivity contribution is 8.01. The molecule has 1 saturated heterocycles. The molecule has 2 nitrogen and oxygen atoms in total. The molecule has 1 N–H and O–H groups in total. The van der Waals surface area contributed by atoms with E-state index in [1.54, 1.807) is 11.8 Å². The Kier molecular flexibility index (Phi) is 5.51. The molecule has 3 heteroatoms. The van der Waals surface area contributed by atoms with Crippen molar-refractivity contribution in [3.8, 4) is 0 Å². The molecular formula is C12H22O2S. The Morgan fingerprint density at radius 2 is 2.07 bits per heavy atom. The van der Waals surface area contributed by atoms with E-state index in [1.165, 1.54) is 25.7 Å². The number of rotatable bonds is 7. The van der Waals surface area contributed by atoms with Gasteiger partial charge in [-0.2, -0.15) is 0 Å². The Morgan fingerprint density at radius 1 is 1.33 bits per heavy atom. The van der Waals surface area contributed by atoms with Gasteiger partial charge in [-0.3, -0.25) is 4.79 Å². The predicted octanol–water partition coefficient (Wildman–Crippen LogP) is 3.70. The molecule has 1 atom stereocenters. The Morgan fingerprint density at radius 3 is 2.60 bits per heavy atom. The lowest BCUT2D eigenvalue weighted by atomic mass is 9.95. The van der Waals surface area contributed by atoms with Gasteiger partial charge in [-0.15, -0.1) is 11.8 Å². The van der Waals surface area contributed by atoms with Gasteiger partial charge in [0.05, 0.1) is 0 Å². The van der Waals surface area contributed by atoms with Gasteiger partial charge in [-0.05, 0) is 25.0 Å². The Labute approximate surface area is 96.8 Å². The number of aliphatic carboxylic acids is 1. The van der Waals surface area contributed by atoms with Crippen molar-refractivity contribution in [1.29, 1.82) is 0 Å². The maximum absolute atomic E-state index is 11.2. The fraction of sp³-hybridized carbons (Fsp3) is 0.917. The van der Waals surface area contributed by atoms with Crippen LogP contribution >= 0.6 is 11.8 Å². The van der Waals surface area contributed by atoms with Crippen molar-refractivity contribution in [3.05, 3.63) is 0 Å². The lowest BCUT2D eigenvalue weighted by molar-refractivity contribution is -0.140. The van der Waals surface area contributed by atoms with E-state index in [0.29, 0.717) is 0 Å². The first-order valence-corrected chi connectivity index (χ1v) is 7.07. The van der Waals surface area contributed by atoms with Crippen LogP contribution < -0.4 is 0 Å². The van der Waals surface area contributed by atoms with E-state index < -0.39 is 10.7 Å². The van der Waals surface area contributed by atoms with E-state index in [1.807, 2.05) is 0 Å². The number of unbranched alkanes of at least 4 members (excludes halogenated alkanes) is 4. The highest BCUT2D eigenvalue weighted by Gasteiger charge is 2.41. The summed E-state index contributed by atoms with van der Waals surface area (Å²) in [5.41, 5.74) is 0. The minimum atomic E-state index is -0.583. The quantitative estimate of drug-likeness (QED) is 0.678. The summed E-state index contributed by atoms with van der Waals surface area (Å²) in [7, 11) is 0. The Bertz CT molecular complexity index is 198. The highest BCUT2D eigenvalue weighted by Crippen LogP contribution is 2.42. The minimum Gasteiger partial charge on any atom is -0.480 e. The molecule has 1 fully saturated rings. The topological polar surface area (TPSA) is 37.3 Å². The molecular weight excluding hydrogens is 208 g/mol. The number of carboxylic acids is 1. The van der Waals surface area contributed by atoms with Crippen molar-refractivity contribution in [2.45, 2.75) is 63.0 Å². The fourth-order valence-corrected chi connectivity index (χ4v) is 3.56. The molecule has 0 radical (unpaired) electrons. The van der Waals surface area contributed by atoms with Crippen molar-refractivity contribution in [2.24, 2.45) is 0 Å². The number of hydrogen-bond donors (Lipinski definition) is 1. The summed E-state index contributed by atoms with van der Waals surface area (Å²) in [6.45, 7) is 2.20. The molecule has 1 unspecified atom stereocenters. The first-order chi connectivity index (χ1) is 7.21. The van der Waals surface area contributed by atoms with Gasteiger partial charge in [0.15, 0.2) is 0 Å². The molecule has 0 bridgehead atoms. The van der Waals surface area contributed by atoms with Crippen LogP contribution in [0.3, 0.4) is 0 Å². The summed E-state index contributed by atoms with van der Waals surface area (Å²) >= 11 is 1.66. The van der Waals surface area contributed by atoms with Crippen LogP contribution in [0.15, 0.2) is 0 Å². The smallest absolute Gasteiger partial charge is 0.319 e. The van der Waals surface area contributed by atoms with E-state index in [-0.39, 0.29) is 0 Å². The van der Waals surface area contributed by atoms with Crippen molar-refractivity contribution in [1.82, 2.24) is 0 Å². The summed E-state index contributed by atoms with van der Waals surface area (Å²) in [6, 6.07) is 0. The van der Waals surface area contributed by atoms with Crippen LogP contribution in [0.4, 0.5) is 0 Å². The standard InChI is InChI=1S/C12H22O2S/c1-2-3-4-5-6-8-12(11(13)14)9-7-10-15-12/h2-10H2,1H3,(H,13,14). The van der Waals surface area contributed by atoms with Gasteiger partial charge in [-0.25, -0.2) is 0 Å². The average molecular weight is 230 g/mol. The van der Waals surface area contributed by atoms with E-state index >= 15 is 0 Å². The third kappa shape index (κ3) is 3.71. The van der Waals surface area contributed by atoms with E-state index in [4.69, 9.17) is 0 Å². The van der Waals surface area contributed by atoms with Gasteiger partial charge in [0, 0.05) is 0 Å². The predicted molar refractivity (Wildman–Crippen MR) is 65.4 cm³/mol. The summed E-state index contributed by atoms with van der Waals surface area (Å²) < 4.78 is -0.424. The molecule has 0 spiro atoms. The fourth-order valence-electron chi connectivity index (χ4n) is 2.18. The molecule has 1 heterocycles. The highest BCUT2D eigenvalue weighted by atomic mass is 32.2. The largest absolute Gasteiger partial charge is 0.480 e. The molecule has 0 aromatic rings.